The van der Waals surface area contributed by atoms with E-state index in [1.54, 1.807) is 6.92 Å². The predicted molar refractivity (Wildman–Crippen MR) is 52.1 cm³/mol. The number of ketones is 1. The molecule has 0 aliphatic heterocycles. The van der Waals surface area contributed by atoms with Gasteiger partial charge in [0.15, 0.2) is 11.5 Å². The van der Waals surface area contributed by atoms with Gasteiger partial charge in [0.1, 0.15) is 0 Å². The summed E-state index contributed by atoms with van der Waals surface area (Å²) in [5, 5.41) is 11.7. The lowest BCUT2D eigenvalue weighted by molar-refractivity contribution is -0.621. The Morgan fingerprint density at radius 1 is 1.36 bits per heavy atom. The largest absolute Gasteiger partial charge is 0.618 e. The van der Waals surface area contributed by atoms with Crippen molar-refractivity contribution in [1.29, 1.82) is 0 Å². The molecule has 0 unspecified atom stereocenters. The third-order valence-electron chi connectivity index (χ3n) is 2.91. The van der Waals surface area contributed by atoms with E-state index in [0.29, 0.717) is 23.4 Å². The van der Waals surface area contributed by atoms with E-state index in [2.05, 4.69) is 0 Å². The summed E-state index contributed by atoms with van der Waals surface area (Å²) in [6, 6.07) is 1.85. The predicted octanol–water partition coefficient (Wildman–Crippen LogP) is 1.46. The van der Waals surface area contributed by atoms with Gasteiger partial charge in [0, 0.05) is 25.3 Å². The summed E-state index contributed by atoms with van der Waals surface area (Å²) in [6.45, 7) is 3.66. The Balaban J connectivity index is 2.69. The summed E-state index contributed by atoms with van der Waals surface area (Å²) in [7, 11) is 0. The Morgan fingerprint density at radius 3 is 2.79 bits per heavy atom. The zero-order valence-corrected chi connectivity index (χ0v) is 8.46. The molecule has 0 fully saturated rings. The maximum atomic E-state index is 11.7. The van der Waals surface area contributed by atoms with Crippen LogP contribution in [-0.4, -0.2) is 5.78 Å². The van der Waals surface area contributed by atoms with E-state index in [-0.39, 0.29) is 5.78 Å². The number of pyridine rings is 1. The lowest BCUT2D eigenvalue weighted by Gasteiger charge is -2.16. The summed E-state index contributed by atoms with van der Waals surface area (Å²) in [5.74, 6) is 0.110. The highest BCUT2D eigenvalue weighted by Crippen LogP contribution is 2.20. The van der Waals surface area contributed by atoms with Crippen LogP contribution in [0.4, 0.5) is 0 Å². The van der Waals surface area contributed by atoms with Crippen LogP contribution in [0.25, 0.3) is 0 Å². The minimum atomic E-state index is 0.110. The molecule has 1 aliphatic carbocycles. The molecule has 0 bridgehead atoms. The molecular weight excluding hydrogens is 178 g/mol. The molecule has 0 radical (unpaired) electrons. The van der Waals surface area contributed by atoms with Crippen molar-refractivity contribution < 1.29 is 9.52 Å². The molecule has 2 rings (SSSR count). The van der Waals surface area contributed by atoms with Crippen LogP contribution in [0.1, 0.15) is 40.2 Å². The van der Waals surface area contributed by atoms with Crippen LogP contribution in [0.5, 0.6) is 0 Å². The number of carbonyl (C=O) groups is 1. The quantitative estimate of drug-likeness (QED) is 0.460. The van der Waals surface area contributed by atoms with Crippen molar-refractivity contribution in [3.63, 3.8) is 0 Å². The first-order valence-corrected chi connectivity index (χ1v) is 4.87. The van der Waals surface area contributed by atoms with Gasteiger partial charge >= 0.3 is 0 Å². The molecule has 3 heteroatoms. The molecule has 74 valence electrons. The Kier molecular flexibility index (Phi) is 2.02. The maximum Gasteiger partial charge on any atom is 0.203 e. The number of fused-ring (bicyclic) bond motifs is 1. The highest BCUT2D eigenvalue weighted by Gasteiger charge is 2.25. The number of hydrogen-bond donors (Lipinski definition) is 0. The smallest absolute Gasteiger partial charge is 0.203 e. The van der Waals surface area contributed by atoms with Crippen LogP contribution in [0.3, 0.4) is 0 Å². The second-order valence-corrected chi connectivity index (χ2v) is 3.84. The van der Waals surface area contributed by atoms with Crippen molar-refractivity contribution >= 4 is 5.78 Å². The zero-order chi connectivity index (χ0) is 10.3. The van der Waals surface area contributed by atoms with E-state index in [1.165, 1.54) is 0 Å². The number of rotatable bonds is 0. The van der Waals surface area contributed by atoms with Gasteiger partial charge in [-0.25, -0.2) is 0 Å². The highest BCUT2D eigenvalue weighted by molar-refractivity contribution is 5.97. The van der Waals surface area contributed by atoms with Gasteiger partial charge in [-0.1, -0.05) is 0 Å². The number of nitrogens with zero attached hydrogens (tertiary/aromatic N) is 1. The zero-order valence-electron chi connectivity index (χ0n) is 8.46. The van der Waals surface area contributed by atoms with Gasteiger partial charge < -0.3 is 5.21 Å². The number of Topliss-reactive ketones (excluding diaryl/α,β-unsaturated/α-hetero) is 1. The lowest BCUT2D eigenvalue weighted by Crippen LogP contribution is -2.39. The number of aryl methyl sites for hydroxylation is 1. The second kappa shape index (κ2) is 3.08. The Hall–Kier alpha value is -1.38. The van der Waals surface area contributed by atoms with E-state index in [0.717, 1.165) is 23.1 Å². The van der Waals surface area contributed by atoms with E-state index in [4.69, 9.17) is 0 Å². The van der Waals surface area contributed by atoms with Gasteiger partial charge in [-0.05, 0) is 19.4 Å². The van der Waals surface area contributed by atoms with E-state index >= 15 is 0 Å². The van der Waals surface area contributed by atoms with Gasteiger partial charge in [0.25, 0.3) is 0 Å². The van der Waals surface area contributed by atoms with Crippen molar-refractivity contribution in [2.75, 3.05) is 0 Å². The standard InChI is InChI=1S/C11H13NO2/c1-7-6-9-10(12(14)8(7)2)4-3-5-11(9)13/h6H,3-5H2,1-2H3. The molecule has 14 heavy (non-hydrogen) atoms. The molecule has 1 heterocycles. The van der Waals surface area contributed by atoms with Crippen LogP contribution in [0, 0.1) is 19.1 Å². The topological polar surface area (TPSA) is 44.0 Å². The molecule has 0 saturated carbocycles. The molecule has 1 aromatic rings. The van der Waals surface area contributed by atoms with Gasteiger partial charge in [0.2, 0.25) is 5.69 Å². The third kappa shape index (κ3) is 1.20. The van der Waals surface area contributed by atoms with Gasteiger partial charge in [-0.3, -0.25) is 4.79 Å². The summed E-state index contributed by atoms with van der Waals surface area (Å²) < 4.78 is 0.918. The first-order chi connectivity index (χ1) is 6.61. The molecule has 1 aromatic heterocycles. The molecule has 0 N–H and O–H groups in total. The van der Waals surface area contributed by atoms with Crippen LogP contribution < -0.4 is 4.73 Å². The first kappa shape index (κ1) is 9.19. The fraction of sp³-hybridized carbons (Fsp3) is 0.455. The minimum Gasteiger partial charge on any atom is -0.618 e. The molecular formula is C11H13NO2. The Bertz CT molecular complexity index is 410. The van der Waals surface area contributed by atoms with E-state index < -0.39 is 0 Å². The molecule has 0 spiro atoms. The third-order valence-corrected chi connectivity index (χ3v) is 2.91. The molecule has 0 aromatic carbocycles. The molecule has 1 aliphatic rings. The second-order valence-electron chi connectivity index (χ2n) is 3.84. The summed E-state index contributed by atoms with van der Waals surface area (Å²) in [5.41, 5.74) is 2.89. The van der Waals surface area contributed by atoms with Crippen molar-refractivity contribution in [2.24, 2.45) is 0 Å². The highest BCUT2D eigenvalue weighted by atomic mass is 16.5. The monoisotopic (exact) mass is 191 g/mol. The normalized spacial score (nSPS) is 15.4. The van der Waals surface area contributed by atoms with Crippen LogP contribution in [0.2, 0.25) is 0 Å². The van der Waals surface area contributed by atoms with Gasteiger partial charge in [-0.2, -0.15) is 4.73 Å². The summed E-state index contributed by atoms with van der Waals surface area (Å²) in [4.78, 5) is 11.5. The molecule has 0 amide bonds. The Labute approximate surface area is 83.0 Å². The van der Waals surface area contributed by atoms with Gasteiger partial charge in [0.05, 0.1) is 5.56 Å². The Morgan fingerprint density at radius 2 is 2.07 bits per heavy atom. The summed E-state index contributed by atoms with van der Waals surface area (Å²) in [6.07, 6.45) is 2.11. The maximum absolute atomic E-state index is 11.7. The molecule has 0 saturated heterocycles. The first-order valence-electron chi connectivity index (χ1n) is 4.87. The fourth-order valence-corrected chi connectivity index (χ4v) is 1.90. The van der Waals surface area contributed by atoms with E-state index in [9.17, 15) is 10.0 Å². The summed E-state index contributed by atoms with van der Waals surface area (Å²) >= 11 is 0. The SMILES string of the molecule is Cc1cc2c([n+]([O-])c1C)CCCC2=O. The van der Waals surface area contributed by atoms with Crippen molar-refractivity contribution in [3.05, 3.63) is 33.8 Å². The average molecular weight is 191 g/mol. The van der Waals surface area contributed by atoms with Crippen LogP contribution in [0.15, 0.2) is 6.07 Å². The van der Waals surface area contributed by atoms with Crippen molar-refractivity contribution in [1.82, 2.24) is 0 Å². The number of hydrogen-bond acceptors (Lipinski definition) is 2. The minimum absolute atomic E-state index is 0.110. The van der Waals surface area contributed by atoms with Crippen LogP contribution >= 0.6 is 0 Å². The number of carbonyl (C=O) groups excluding carboxylic acids is 1. The van der Waals surface area contributed by atoms with Crippen molar-refractivity contribution in [3.8, 4) is 0 Å². The lowest BCUT2D eigenvalue weighted by atomic mass is 9.93. The average Bonchev–Trinajstić information content (AvgIpc) is 2.17. The van der Waals surface area contributed by atoms with Crippen molar-refractivity contribution in [2.45, 2.75) is 33.1 Å². The fourth-order valence-electron chi connectivity index (χ4n) is 1.90. The molecule has 0 atom stereocenters. The van der Waals surface area contributed by atoms with E-state index in [1.807, 2.05) is 13.0 Å². The molecule has 3 nitrogen and oxygen atoms in total. The van der Waals surface area contributed by atoms with Gasteiger partial charge in [-0.15, -0.1) is 0 Å². The number of aromatic nitrogens is 1. The van der Waals surface area contributed by atoms with Crippen LogP contribution in [-0.2, 0) is 6.42 Å².